The van der Waals surface area contributed by atoms with Gasteiger partial charge in [0.2, 0.25) is 5.91 Å². The molecule has 1 unspecified atom stereocenters. The summed E-state index contributed by atoms with van der Waals surface area (Å²) in [6, 6.07) is 17.6. The van der Waals surface area contributed by atoms with Crippen LogP contribution >= 0.6 is 0 Å². The number of alkyl carbamates (subject to hydrolysis) is 1. The van der Waals surface area contributed by atoms with Crippen molar-refractivity contribution in [2.24, 2.45) is 0 Å². The van der Waals surface area contributed by atoms with Gasteiger partial charge in [0.1, 0.15) is 11.6 Å². The summed E-state index contributed by atoms with van der Waals surface area (Å²) in [4.78, 5) is 40.9. The molecule has 2 amide bonds. The van der Waals surface area contributed by atoms with Crippen molar-refractivity contribution in [2.45, 2.75) is 63.8 Å². The van der Waals surface area contributed by atoms with E-state index in [2.05, 4.69) is 10.6 Å². The lowest BCUT2D eigenvalue weighted by atomic mass is 9.89. The van der Waals surface area contributed by atoms with Gasteiger partial charge >= 0.3 is 6.09 Å². The largest absolute Gasteiger partial charge is 0.444 e. The van der Waals surface area contributed by atoms with E-state index in [0.29, 0.717) is 25.8 Å². The number of likely N-dealkylation sites (N-methyl/N-ethyl adjacent to an activating group) is 1. The average Bonchev–Trinajstić information content (AvgIpc) is 2.76. The van der Waals surface area contributed by atoms with E-state index in [4.69, 9.17) is 4.74 Å². The van der Waals surface area contributed by atoms with Crippen LogP contribution in [0.3, 0.4) is 0 Å². The van der Waals surface area contributed by atoms with E-state index in [1.165, 1.54) is 0 Å². The third-order valence-electron chi connectivity index (χ3n) is 5.88. The van der Waals surface area contributed by atoms with Gasteiger partial charge < -0.3 is 20.3 Å². The van der Waals surface area contributed by atoms with E-state index in [0.717, 1.165) is 11.1 Å². The van der Waals surface area contributed by atoms with Crippen LogP contribution in [0.25, 0.3) is 0 Å². The molecular formula is C27H35N3O4. The maximum atomic E-state index is 13.5. The van der Waals surface area contributed by atoms with Gasteiger partial charge in [-0.25, -0.2) is 4.79 Å². The van der Waals surface area contributed by atoms with Gasteiger partial charge in [0.15, 0.2) is 5.78 Å². The molecule has 182 valence electrons. The van der Waals surface area contributed by atoms with Gasteiger partial charge in [-0.05, 0) is 51.8 Å². The maximum Gasteiger partial charge on any atom is 0.408 e. The van der Waals surface area contributed by atoms with Crippen molar-refractivity contribution >= 4 is 17.8 Å². The number of likely N-dealkylation sites (tertiary alicyclic amines) is 1. The Labute approximate surface area is 201 Å². The summed E-state index contributed by atoms with van der Waals surface area (Å²) < 4.78 is 5.39. The van der Waals surface area contributed by atoms with Gasteiger partial charge in [0.05, 0.1) is 12.1 Å². The van der Waals surface area contributed by atoms with E-state index in [-0.39, 0.29) is 11.7 Å². The first-order valence-electron chi connectivity index (χ1n) is 11.8. The van der Waals surface area contributed by atoms with Crippen molar-refractivity contribution in [3.05, 3.63) is 71.8 Å². The first kappa shape index (κ1) is 25.4. The minimum atomic E-state index is -0.824. The van der Waals surface area contributed by atoms with Gasteiger partial charge in [-0.3, -0.25) is 9.59 Å². The number of rotatable bonds is 9. The predicted octanol–water partition coefficient (Wildman–Crippen LogP) is 3.12. The molecule has 1 fully saturated rings. The van der Waals surface area contributed by atoms with Crippen LogP contribution in [0.1, 0.15) is 38.3 Å². The lowest BCUT2D eigenvalue weighted by molar-refractivity contribution is -0.148. The molecule has 1 aliphatic heterocycles. The van der Waals surface area contributed by atoms with E-state index in [1.54, 1.807) is 32.7 Å². The Hall–Kier alpha value is -3.19. The van der Waals surface area contributed by atoms with Gasteiger partial charge in [-0.1, -0.05) is 60.7 Å². The van der Waals surface area contributed by atoms with Crippen LogP contribution in [0.2, 0.25) is 0 Å². The normalized spacial score (nSPS) is 17.3. The number of ketones is 1. The highest BCUT2D eigenvalue weighted by molar-refractivity contribution is 5.96. The molecule has 0 aromatic heterocycles. The van der Waals surface area contributed by atoms with Crippen LogP contribution < -0.4 is 10.6 Å². The van der Waals surface area contributed by atoms with Crippen LogP contribution in [0.5, 0.6) is 0 Å². The molecular weight excluding hydrogens is 430 g/mol. The quantitative estimate of drug-likeness (QED) is 0.594. The number of nitrogens with zero attached hydrogens (tertiary/aromatic N) is 1. The summed E-state index contributed by atoms with van der Waals surface area (Å²) in [5.41, 5.74) is 1.29. The Morgan fingerprint density at radius 3 is 1.91 bits per heavy atom. The summed E-state index contributed by atoms with van der Waals surface area (Å²) in [6.45, 7) is 5.80. The molecule has 0 radical (unpaired) electrons. The zero-order valence-electron chi connectivity index (χ0n) is 20.4. The summed E-state index contributed by atoms with van der Waals surface area (Å²) in [6.07, 6.45) is 0.832. The Balaban J connectivity index is 1.72. The predicted molar refractivity (Wildman–Crippen MR) is 131 cm³/mol. The molecule has 1 saturated heterocycles. The summed E-state index contributed by atoms with van der Waals surface area (Å²) in [7, 11) is 1.76. The molecule has 34 heavy (non-hydrogen) atoms. The molecule has 7 nitrogen and oxygen atoms in total. The van der Waals surface area contributed by atoms with Crippen molar-refractivity contribution in [3.8, 4) is 0 Å². The zero-order valence-corrected chi connectivity index (χ0v) is 20.4. The van der Waals surface area contributed by atoms with E-state index >= 15 is 0 Å². The summed E-state index contributed by atoms with van der Waals surface area (Å²) >= 11 is 0. The molecule has 0 bridgehead atoms. The topological polar surface area (TPSA) is 87.7 Å². The minimum Gasteiger partial charge on any atom is -0.444 e. The fourth-order valence-electron chi connectivity index (χ4n) is 4.07. The standard InChI is InChI=1S/C27H35N3O4/c1-27(2,3)34-26(33)29-22(18-20-13-9-6-10-14-20)25(32)30-16-15-23(30)24(31)21(28-4)17-19-11-7-5-8-12-19/h5-14,21-23,28H,15-18H2,1-4H3,(H,29,33)/t21-,22-,23?/m0/s1. The monoisotopic (exact) mass is 465 g/mol. The Bertz CT molecular complexity index is 972. The second-order valence-corrected chi connectivity index (χ2v) is 9.66. The Morgan fingerprint density at radius 1 is 0.941 bits per heavy atom. The summed E-state index contributed by atoms with van der Waals surface area (Å²) in [5, 5.41) is 5.84. The van der Waals surface area contributed by atoms with E-state index in [9.17, 15) is 14.4 Å². The van der Waals surface area contributed by atoms with Gasteiger partial charge in [-0.15, -0.1) is 0 Å². The highest BCUT2D eigenvalue weighted by Gasteiger charge is 2.42. The molecule has 1 heterocycles. The van der Waals surface area contributed by atoms with Gasteiger partial charge in [0.25, 0.3) is 0 Å². The Kier molecular flexibility index (Phi) is 8.45. The molecule has 7 heteroatoms. The number of hydrogen-bond donors (Lipinski definition) is 2. The molecule has 0 aliphatic carbocycles. The van der Waals surface area contributed by atoms with Crippen molar-refractivity contribution in [3.63, 3.8) is 0 Å². The second kappa shape index (κ2) is 11.3. The molecule has 2 aromatic carbocycles. The first-order valence-corrected chi connectivity index (χ1v) is 11.8. The number of hydrogen-bond acceptors (Lipinski definition) is 5. The fraction of sp³-hybridized carbons (Fsp3) is 0.444. The molecule has 3 rings (SSSR count). The number of carbonyl (C=O) groups is 3. The van der Waals surface area contributed by atoms with Crippen LogP contribution in [0.15, 0.2) is 60.7 Å². The molecule has 2 aromatic rings. The molecule has 0 spiro atoms. The third-order valence-corrected chi connectivity index (χ3v) is 5.88. The van der Waals surface area contributed by atoms with Gasteiger partial charge in [0, 0.05) is 13.0 Å². The van der Waals surface area contributed by atoms with Crippen molar-refractivity contribution in [1.82, 2.24) is 15.5 Å². The number of ether oxygens (including phenoxy) is 1. The maximum absolute atomic E-state index is 13.5. The highest BCUT2D eigenvalue weighted by atomic mass is 16.6. The Morgan fingerprint density at radius 2 is 1.47 bits per heavy atom. The van der Waals surface area contributed by atoms with E-state index in [1.807, 2.05) is 60.7 Å². The van der Waals surface area contributed by atoms with Crippen LogP contribution in [0, 0.1) is 0 Å². The zero-order chi connectivity index (χ0) is 24.7. The number of Topliss-reactive ketones (excluding diaryl/α,β-unsaturated/α-hetero) is 1. The molecule has 0 saturated carbocycles. The molecule has 2 N–H and O–H groups in total. The van der Waals surface area contributed by atoms with E-state index < -0.39 is 29.8 Å². The SMILES string of the molecule is CN[C@@H](Cc1ccccc1)C(=O)C1CCN1C(=O)[C@H](Cc1ccccc1)NC(=O)OC(C)(C)C. The van der Waals surface area contributed by atoms with Crippen LogP contribution in [-0.2, 0) is 27.2 Å². The first-order chi connectivity index (χ1) is 16.2. The fourth-order valence-corrected chi connectivity index (χ4v) is 4.07. The number of nitrogens with one attached hydrogen (secondary N) is 2. The third kappa shape index (κ3) is 6.90. The number of carbonyl (C=O) groups excluding carboxylic acids is 3. The summed E-state index contributed by atoms with van der Waals surface area (Å²) in [5.74, 6) is -0.282. The lowest BCUT2D eigenvalue weighted by Crippen LogP contribution is -2.63. The molecule has 1 aliphatic rings. The number of amides is 2. The van der Waals surface area contributed by atoms with Gasteiger partial charge in [-0.2, -0.15) is 0 Å². The number of benzene rings is 2. The smallest absolute Gasteiger partial charge is 0.408 e. The van der Waals surface area contributed by atoms with Crippen molar-refractivity contribution in [1.29, 1.82) is 0 Å². The average molecular weight is 466 g/mol. The van der Waals surface area contributed by atoms with Crippen LogP contribution in [-0.4, -0.2) is 60.0 Å². The minimum absolute atomic E-state index is 0.0123. The van der Waals surface area contributed by atoms with Crippen molar-refractivity contribution in [2.75, 3.05) is 13.6 Å². The second-order valence-electron chi connectivity index (χ2n) is 9.66. The van der Waals surface area contributed by atoms with Crippen LogP contribution in [0.4, 0.5) is 4.79 Å². The highest BCUT2D eigenvalue weighted by Crippen LogP contribution is 2.23. The lowest BCUT2D eigenvalue weighted by Gasteiger charge is -2.43. The van der Waals surface area contributed by atoms with Crippen molar-refractivity contribution < 1.29 is 19.1 Å². The molecule has 3 atom stereocenters.